The number of fused-ring (bicyclic) bond motifs is 1. The summed E-state index contributed by atoms with van der Waals surface area (Å²) in [7, 11) is 0. The molecule has 26 heavy (non-hydrogen) atoms. The average molecular weight is 356 g/mol. The van der Waals surface area contributed by atoms with E-state index in [-0.39, 0.29) is 23.7 Å². The fourth-order valence-electron chi connectivity index (χ4n) is 4.65. The molecule has 0 spiro atoms. The molecule has 0 radical (unpaired) electrons. The van der Waals surface area contributed by atoms with Crippen LogP contribution in [0.25, 0.3) is 0 Å². The number of hydrogen-bond acceptors (Lipinski definition) is 3. The molecule has 2 amide bonds. The number of carboxylic acids is 1. The maximum absolute atomic E-state index is 13.0. The van der Waals surface area contributed by atoms with Gasteiger partial charge in [-0.15, -0.1) is 0 Å². The van der Waals surface area contributed by atoms with Gasteiger partial charge in [0, 0.05) is 23.7 Å². The van der Waals surface area contributed by atoms with Gasteiger partial charge in [0.2, 0.25) is 5.91 Å². The second-order valence-corrected chi connectivity index (χ2v) is 7.98. The van der Waals surface area contributed by atoms with Gasteiger partial charge < -0.3 is 15.3 Å². The van der Waals surface area contributed by atoms with Gasteiger partial charge in [0.05, 0.1) is 0 Å². The maximum Gasteiger partial charge on any atom is 0.326 e. The van der Waals surface area contributed by atoms with Gasteiger partial charge in [0.1, 0.15) is 6.04 Å². The third-order valence-corrected chi connectivity index (χ3v) is 6.23. The molecule has 1 aromatic rings. The van der Waals surface area contributed by atoms with Gasteiger partial charge in [-0.3, -0.25) is 9.59 Å². The standard InChI is InChI=1S/C20H24N2O4/c1-11-8-16(11)18(23)21-14-6-2-4-12(9-14)19(24)22-10-13-5-3-7-15(13)17(22)20(25)26/h2,4,6,9,11,13,15-17H,3,5,7-8,10H2,1H3,(H,21,23)(H,25,26). The van der Waals surface area contributed by atoms with Gasteiger partial charge in [0.15, 0.2) is 0 Å². The summed E-state index contributed by atoms with van der Waals surface area (Å²) in [5.74, 6) is -0.359. The Hall–Kier alpha value is -2.37. The highest BCUT2D eigenvalue weighted by Crippen LogP contribution is 2.43. The zero-order valence-corrected chi connectivity index (χ0v) is 14.9. The number of nitrogens with zero attached hydrogens (tertiary/aromatic N) is 1. The maximum atomic E-state index is 13.0. The molecule has 5 atom stereocenters. The first-order chi connectivity index (χ1) is 12.5. The van der Waals surface area contributed by atoms with Crippen LogP contribution in [0.15, 0.2) is 24.3 Å². The topological polar surface area (TPSA) is 86.7 Å². The zero-order chi connectivity index (χ0) is 18.4. The van der Waals surface area contributed by atoms with Crippen LogP contribution < -0.4 is 5.32 Å². The molecule has 0 aromatic heterocycles. The number of aliphatic carboxylic acids is 1. The van der Waals surface area contributed by atoms with E-state index in [0.717, 1.165) is 25.7 Å². The summed E-state index contributed by atoms with van der Waals surface area (Å²) >= 11 is 0. The molecule has 2 saturated carbocycles. The summed E-state index contributed by atoms with van der Waals surface area (Å²) < 4.78 is 0. The lowest BCUT2D eigenvalue weighted by atomic mass is 9.94. The number of rotatable bonds is 4. The number of anilines is 1. The van der Waals surface area contributed by atoms with E-state index >= 15 is 0 Å². The van der Waals surface area contributed by atoms with Crippen LogP contribution >= 0.6 is 0 Å². The van der Waals surface area contributed by atoms with Crippen molar-refractivity contribution < 1.29 is 19.5 Å². The second kappa shape index (κ2) is 6.41. The predicted octanol–water partition coefficient (Wildman–Crippen LogP) is 2.61. The second-order valence-electron chi connectivity index (χ2n) is 7.98. The predicted molar refractivity (Wildman–Crippen MR) is 95.6 cm³/mol. The summed E-state index contributed by atoms with van der Waals surface area (Å²) in [5.41, 5.74) is 1.02. The molecule has 4 rings (SSSR count). The Balaban J connectivity index is 1.51. The van der Waals surface area contributed by atoms with Crippen LogP contribution in [0.3, 0.4) is 0 Å². The minimum Gasteiger partial charge on any atom is -0.480 e. The molecule has 138 valence electrons. The largest absolute Gasteiger partial charge is 0.480 e. The van der Waals surface area contributed by atoms with Crippen molar-refractivity contribution >= 4 is 23.5 Å². The average Bonchev–Trinajstić information content (AvgIpc) is 3.02. The summed E-state index contributed by atoms with van der Waals surface area (Å²) in [6.07, 6.45) is 3.82. The minimum absolute atomic E-state index is 0.0128. The highest BCUT2D eigenvalue weighted by molar-refractivity contribution is 6.00. The number of carbonyl (C=O) groups excluding carboxylic acids is 2. The Bertz CT molecular complexity index is 762. The van der Waals surface area contributed by atoms with Crippen molar-refractivity contribution in [2.75, 3.05) is 11.9 Å². The Labute approximate surface area is 152 Å². The number of nitrogens with one attached hydrogen (secondary N) is 1. The van der Waals surface area contributed by atoms with E-state index in [4.69, 9.17) is 0 Å². The quantitative estimate of drug-likeness (QED) is 0.868. The lowest BCUT2D eigenvalue weighted by molar-refractivity contribution is -0.142. The number of benzene rings is 1. The highest BCUT2D eigenvalue weighted by atomic mass is 16.4. The molecule has 5 unspecified atom stereocenters. The monoisotopic (exact) mass is 356 g/mol. The van der Waals surface area contributed by atoms with Gasteiger partial charge in [-0.05, 0) is 55.2 Å². The number of likely N-dealkylation sites (tertiary alicyclic amines) is 1. The van der Waals surface area contributed by atoms with E-state index in [2.05, 4.69) is 5.32 Å². The molecule has 1 aliphatic heterocycles. The number of carboxylic acid groups (broad SMARTS) is 1. The van der Waals surface area contributed by atoms with Gasteiger partial charge in [0.25, 0.3) is 5.91 Å². The Morgan fingerprint density at radius 3 is 2.69 bits per heavy atom. The molecule has 6 nitrogen and oxygen atoms in total. The van der Waals surface area contributed by atoms with Crippen LogP contribution in [-0.2, 0) is 9.59 Å². The van der Waals surface area contributed by atoms with E-state index in [0.29, 0.717) is 29.6 Å². The van der Waals surface area contributed by atoms with Crippen molar-refractivity contribution in [3.63, 3.8) is 0 Å². The van der Waals surface area contributed by atoms with Crippen molar-refractivity contribution in [3.8, 4) is 0 Å². The van der Waals surface area contributed by atoms with Crippen LogP contribution in [0.5, 0.6) is 0 Å². The molecule has 1 heterocycles. The van der Waals surface area contributed by atoms with Crippen LogP contribution in [0.2, 0.25) is 0 Å². The van der Waals surface area contributed by atoms with Gasteiger partial charge in [-0.1, -0.05) is 19.4 Å². The SMILES string of the molecule is CC1CC1C(=O)Nc1cccc(C(=O)N2CC3CCCC3C2C(=O)O)c1. The molecule has 2 N–H and O–H groups in total. The van der Waals surface area contributed by atoms with Gasteiger partial charge in [-0.2, -0.15) is 0 Å². The molecule has 0 bridgehead atoms. The minimum atomic E-state index is -0.917. The zero-order valence-electron chi connectivity index (χ0n) is 14.9. The fourth-order valence-corrected chi connectivity index (χ4v) is 4.65. The lowest BCUT2D eigenvalue weighted by Crippen LogP contribution is -2.43. The molecular formula is C20H24N2O4. The molecule has 1 saturated heterocycles. The van der Waals surface area contributed by atoms with E-state index in [1.165, 1.54) is 4.90 Å². The Kier molecular flexibility index (Phi) is 4.21. The molecule has 1 aromatic carbocycles. The van der Waals surface area contributed by atoms with Gasteiger partial charge >= 0.3 is 5.97 Å². The molecule has 3 aliphatic rings. The summed E-state index contributed by atoms with van der Waals surface area (Å²) in [6, 6.07) is 6.09. The fraction of sp³-hybridized carbons (Fsp3) is 0.550. The van der Waals surface area contributed by atoms with Crippen molar-refractivity contribution in [3.05, 3.63) is 29.8 Å². The molecule has 2 aliphatic carbocycles. The van der Waals surface area contributed by atoms with Crippen LogP contribution in [0, 0.1) is 23.7 Å². The van der Waals surface area contributed by atoms with E-state index in [9.17, 15) is 19.5 Å². The third kappa shape index (κ3) is 2.97. The van der Waals surface area contributed by atoms with E-state index < -0.39 is 12.0 Å². The van der Waals surface area contributed by atoms with Crippen molar-refractivity contribution in [1.29, 1.82) is 0 Å². The normalized spacial score (nSPS) is 32.2. The first kappa shape index (κ1) is 17.1. The van der Waals surface area contributed by atoms with Crippen LogP contribution in [0.1, 0.15) is 43.0 Å². The molecule has 3 fully saturated rings. The van der Waals surface area contributed by atoms with Crippen LogP contribution in [0.4, 0.5) is 5.69 Å². The third-order valence-electron chi connectivity index (χ3n) is 6.23. The van der Waals surface area contributed by atoms with Crippen molar-refractivity contribution in [1.82, 2.24) is 4.90 Å². The number of carbonyl (C=O) groups is 3. The summed E-state index contributed by atoms with van der Waals surface area (Å²) in [5, 5.41) is 12.5. The van der Waals surface area contributed by atoms with Crippen molar-refractivity contribution in [2.24, 2.45) is 23.7 Å². The smallest absolute Gasteiger partial charge is 0.326 e. The molecular weight excluding hydrogens is 332 g/mol. The Morgan fingerprint density at radius 2 is 2.00 bits per heavy atom. The van der Waals surface area contributed by atoms with Gasteiger partial charge in [-0.25, -0.2) is 4.79 Å². The first-order valence-electron chi connectivity index (χ1n) is 9.40. The summed E-state index contributed by atoms with van der Waals surface area (Å²) in [6.45, 7) is 2.55. The van der Waals surface area contributed by atoms with E-state index in [1.807, 2.05) is 6.92 Å². The number of amides is 2. The number of hydrogen-bond donors (Lipinski definition) is 2. The molecule has 6 heteroatoms. The first-order valence-corrected chi connectivity index (χ1v) is 9.40. The van der Waals surface area contributed by atoms with Crippen molar-refractivity contribution in [2.45, 2.75) is 38.6 Å². The van der Waals surface area contributed by atoms with Crippen LogP contribution in [-0.4, -0.2) is 40.4 Å². The lowest BCUT2D eigenvalue weighted by Gasteiger charge is -2.24. The Morgan fingerprint density at radius 1 is 1.23 bits per heavy atom. The highest BCUT2D eigenvalue weighted by Gasteiger charge is 2.49. The van der Waals surface area contributed by atoms with E-state index in [1.54, 1.807) is 24.3 Å². The summed E-state index contributed by atoms with van der Waals surface area (Å²) in [4.78, 5) is 38.4.